The summed E-state index contributed by atoms with van der Waals surface area (Å²) < 4.78 is 25.4. The molecule has 0 bridgehead atoms. The summed E-state index contributed by atoms with van der Waals surface area (Å²) in [5.41, 5.74) is -0.472. The largest absolute Gasteiger partial charge is 0.394 e. The van der Waals surface area contributed by atoms with Crippen LogP contribution in [-0.2, 0) is 15.6 Å². The van der Waals surface area contributed by atoms with Crippen LogP contribution in [0.4, 0.5) is 0 Å². The summed E-state index contributed by atoms with van der Waals surface area (Å²) in [4.78, 5) is 0. The molecule has 0 heterocycles. The van der Waals surface area contributed by atoms with Gasteiger partial charge in [0.25, 0.3) is 0 Å². The molecule has 6 heteroatoms. The lowest BCUT2D eigenvalue weighted by Crippen LogP contribution is -2.46. The summed E-state index contributed by atoms with van der Waals surface area (Å²) in [6.07, 6.45) is 0. The average Bonchev–Trinajstić information content (AvgIpc) is 2.29. The van der Waals surface area contributed by atoms with Crippen molar-refractivity contribution in [3.63, 3.8) is 0 Å². The quantitative estimate of drug-likeness (QED) is 0.792. The third-order valence-electron chi connectivity index (χ3n) is 2.36. The van der Waals surface area contributed by atoms with E-state index >= 15 is 0 Å². The number of nitriles is 1. The molecule has 1 aromatic rings. The molecule has 0 aliphatic rings. The predicted octanol–water partition coefficient (Wildman–Crippen LogP) is 0.337. The summed E-state index contributed by atoms with van der Waals surface area (Å²) in [7, 11) is -3.72. The first-order valence-corrected chi connectivity index (χ1v) is 6.64. The van der Waals surface area contributed by atoms with Gasteiger partial charge in [0.1, 0.15) is 0 Å². The van der Waals surface area contributed by atoms with Crippen LogP contribution in [0, 0.1) is 11.3 Å². The van der Waals surface area contributed by atoms with Crippen molar-refractivity contribution in [3.05, 3.63) is 35.9 Å². The molecule has 0 spiro atoms. The van der Waals surface area contributed by atoms with Gasteiger partial charge < -0.3 is 5.11 Å². The van der Waals surface area contributed by atoms with Gasteiger partial charge in [0.05, 0.1) is 18.2 Å². The van der Waals surface area contributed by atoms with E-state index in [1.54, 1.807) is 43.3 Å². The molecular weight excluding hydrogens is 240 g/mol. The molecule has 17 heavy (non-hydrogen) atoms. The van der Waals surface area contributed by atoms with Crippen LogP contribution in [0.1, 0.15) is 12.5 Å². The number of aliphatic hydroxyl groups is 1. The van der Waals surface area contributed by atoms with E-state index in [1.165, 1.54) is 0 Å². The molecule has 0 aromatic heterocycles. The van der Waals surface area contributed by atoms with Gasteiger partial charge in [0.15, 0.2) is 5.75 Å². The van der Waals surface area contributed by atoms with Crippen molar-refractivity contribution in [1.82, 2.24) is 4.72 Å². The maximum atomic E-state index is 11.5. The zero-order valence-corrected chi connectivity index (χ0v) is 10.2. The van der Waals surface area contributed by atoms with Crippen molar-refractivity contribution < 1.29 is 13.5 Å². The predicted molar refractivity (Wildman–Crippen MR) is 63.4 cm³/mol. The van der Waals surface area contributed by atoms with Gasteiger partial charge in [0.2, 0.25) is 10.0 Å². The molecule has 0 aliphatic carbocycles. The Morgan fingerprint density at radius 1 is 1.41 bits per heavy atom. The number of benzene rings is 1. The maximum Gasteiger partial charge on any atom is 0.225 e. The Labute approximate surface area is 101 Å². The fraction of sp³-hybridized carbons (Fsp3) is 0.364. The summed E-state index contributed by atoms with van der Waals surface area (Å²) >= 11 is 0. The van der Waals surface area contributed by atoms with Crippen LogP contribution in [0.2, 0.25) is 0 Å². The molecule has 5 nitrogen and oxygen atoms in total. The highest BCUT2D eigenvalue weighted by atomic mass is 32.2. The molecule has 0 aliphatic heterocycles. The highest BCUT2D eigenvalue weighted by molar-refractivity contribution is 7.89. The summed E-state index contributed by atoms with van der Waals surface area (Å²) in [5, 5.41) is 17.8. The molecule has 0 fully saturated rings. The summed E-state index contributed by atoms with van der Waals surface area (Å²) in [6, 6.07) is 10.3. The van der Waals surface area contributed by atoms with Crippen LogP contribution < -0.4 is 4.72 Å². The van der Waals surface area contributed by atoms with E-state index in [2.05, 4.69) is 4.72 Å². The highest BCUT2D eigenvalue weighted by Crippen LogP contribution is 2.20. The normalized spacial score (nSPS) is 14.9. The van der Waals surface area contributed by atoms with Crippen LogP contribution in [0.3, 0.4) is 0 Å². The Hall–Kier alpha value is -1.42. The topological polar surface area (TPSA) is 90.2 Å². The van der Waals surface area contributed by atoms with Gasteiger partial charge in [-0.3, -0.25) is 0 Å². The minimum absolute atomic E-state index is 0.387. The molecule has 0 radical (unpaired) electrons. The van der Waals surface area contributed by atoms with Crippen molar-refractivity contribution in [3.8, 4) is 6.07 Å². The second-order valence-electron chi connectivity index (χ2n) is 3.88. The zero-order valence-electron chi connectivity index (χ0n) is 9.42. The molecule has 1 unspecified atom stereocenters. The molecule has 0 amide bonds. The summed E-state index contributed by atoms with van der Waals surface area (Å²) in [6.45, 7) is 1.18. The fourth-order valence-corrected chi connectivity index (χ4v) is 2.56. The van der Waals surface area contributed by atoms with E-state index in [-0.39, 0.29) is 6.61 Å². The lowest BCUT2D eigenvalue weighted by atomic mass is 9.94. The summed E-state index contributed by atoms with van der Waals surface area (Å²) in [5.74, 6) is -0.630. The van der Waals surface area contributed by atoms with E-state index in [9.17, 15) is 13.5 Å². The molecule has 1 aromatic carbocycles. The third kappa shape index (κ3) is 3.53. The molecule has 1 rings (SSSR count). The number of sulfonamides is 1. The Bertz CT molecular complexity index is 507. The van der Waals surface area contributed by atoms with E-state index < -0.39 is 21.3 Å². The van der Waals surface area contributed by atoms with Crippen molar-refractivity contribution in [2.75, 3.05) is 12.4 Å². The standard InChI is InChI=1S/C11H14N2O3S/c1-11(9-14,10-5-3-2-4-6-10)13-17(15,16)8-7-12/h2-6,13-14H,8-9H2,1H3. The average molecular weight is 254 g/mol. The third-order valence-corrected chi connectivity index (χ3v) is 3.63. The lowest BCUT2D eigenvalue weighted by molar-refractivity contribution is 0.196. The van der Waals surface area contributed by atoms with Crippen LogP contribution in [0.15, 0.2) is 30.3 Å². The van der Waals surface area contributed by atoms with Gasteiger partial charge in [-0.15, -0.1) is 0 Å². The van der Waals surface area contributed by atoms with Crippen molar-refractivity contribution >= 4 is 10.0 Å². The molecule has 1 atom stereocenters. The lowest BCUT2D eigenvalue weighted by Gasteiger charge is -2.28. The van der Waals surface area contributed by atoms with Crippen LogP contribution >= 0.6 is 0 Å². The van der Waals surface area contributed by atoms with Crippen LogP contribution in [0.25, 0.3) is 0 Å². The molecular formula is C11H14N2O3S. The number of nitrogens with zero attached hydrogens (tertiary/aromatic N) is 1. The second-order valence-corrected chi connectivity index (χ2v) is 5.60. The number of rotatable bonds is 5. The maximum absolute atomic E-state index is 11.5. The Kier molecular flexibility index (Phi) is 4.23. The monoisotopic (exact) mass is 254 g/mol. The fourth-order valence-electron chi connectivity index (χ4n) is 1.45. The number of hydrogen-bond donors (Lipinski definition) is 2. The minimum Gasteiger partial charge on any atom is -0.394 e. The number of aliphatic hydroxyl groups excluding tert-OH is 1. The van der Waals surface area contributed by atoms with E-state index in [0.29, 0.717) is 5.56 Å². The van der Waals surface area contributed by atoms with E-state index in [1.807, 2.05) is 0 Å². The molecule has 0 saturated carbocycles. The van der Waals surface area contributed by atoms with Gasteiger partial charge >= 0.3 is 0 Å². The van der Waals surface area contributed by atoms with Gasteiger partial charge in [-0.25, -0.2) is 13.1 Å². The smallest absolute Gasteiger partial charge is 0.225 e. The van der Waals surface area contributed by atoms with Gasteiger partial charge in [-0.1, -0.05) is 30.3 Å². The first kappa shape index (κ1) is 13.6. The first-order valence-electron chi connectivity index (χ1n) is 4.98. The van der Waals surface area contributed by atoms with Gasteiger partial charge in [-0.2, -0.15) is 5.26 Å². The van der Waals surface area contributed by atoms with Crippen molar-refractivity contribution in [2.45, 2.75) is 12.5 Å². The Morgan fingerprint density at radius 2 is 2.00 bits per heavy atom. The Balaban J connectivity index is 3.04. The highest BCUT2D eigenvalue weighted by Gasteiger charge is 2.30. The van der Waals surface area contributed by atoms with Crippen molar-refractivity contribution in [1.29, 1.82) is 5.26 Å². The van der Waals surface area contributed by atoms with Gasteiger partial charge in [0, 0.05) is 0 Å². The molecule has 0 saturated heterocycles. The Morgan fingerprint density at radius 3 is 2.47 bits per heavy atom. The van der Waals surface area contributed by atoms with Crippen LogP contribution in [0.5, 0.6) is 0 Å². The molecule has 2 N–H and O–H groups in total. The molecule has 92 valence electrons. The zero-order chi connectivity index (χ0) is 12.9. The number of hydrogen-bond acceptors (Lipinski definition) is 4. The SMILES string of the molecule is CC(CO)(NS(=O)(=O)CC#N)c1ccccc1. The van der Waals surface area contributed by atoms with E-state index in [0.717, 1.165) is 0 Å². The van der Waals surface area contributed by atoms with Crippen molar-refractivity contribution in [2.24, 2.45) is 0 Å². The number of nitrogens with one attached hydrogen (secondary N) is 1. The van der Waals surface area contributed by atoms with Gasteiger partial charge in [-0.05, 0) is 12.5 Å². The second kappa shape index (κ2) is 5.27. The van der Waals surface area contributed by atoms with Crippen LogP contribution in [-0.4, -0.2) is 25.9 Å². The minimum atomic E-state index is -3.72. The first-order chi connectivity index (χ1) is 7.93. The van der Waals surface area contributed by atoms with E-state index in [4.69, 9.17) is 5.26 Å².